The average Bonchev–Trinajstić information content (AvgIpc) is 3.31. The van der Waals surface area contributed by atoms with Gasteiger partial charge in [-0.25, -0.2) is 0 Å². The predicted molar refractivity (Wildman–Crippen MR) is 104 cm³/mol. The number of carbonyl (C=O) groups is 1. The normalized spacial score (nSPS) is 10.7. The summed E-state index contributed by atoms with van der Waals surface area (Å²) in [6.07, 6.45) is 4.03. The van der Waals surface area contributed by atoms with Crippen LogP contribution in [0.3, 0.4) is 0 Å². The van der Waals surface area contributed by atoms with Crippen LogP contribution in [0.1, 0.15) is 10.4 Å². The summed E-state index contributed by atoms with van der Waals surface area (Å²) in [5, 5.41) is 2.93. The Morgan fingerprint density at radius 2 is 2.12 bits per heavy atom. The van der Waals surface area contributed by atoms with Gasteiger partial charge in [0.25, 0.3) is 5.91 Å². The van der Waals surface area contributed by atoms with Gasteiger partial charge in [0.15, 0.2) is 6.61 Å². The van der Waals surface area contributed by atoms with Crippen molar-refractivity contribution in [1.82, 2.24) is 4.90 Å². The van der Waals surface area contributed by atoms with E-state index in [1.165, 1.54) is 4.88 Å². The molecule has 0 N–H and O–H groups in total. The summed E-state index contributed by atoms with van der Waals surface area (Å²) >= 11 is 13.6. The van der Waals surface area contributed by atoms with Crippen molar-refractivity contribution in [2.24, 2.45) is 0 Å². The number of thiophene rings is 1. The van der Waals surface area contributed by atoms with Crippen LogP contribution in [0.4, 0.5) is 0 Å². The minimum atomic E-state index is -0.117. The van der Waals surface area contributed by atoms with E-state index < -0.39 is 0 Å². The highest BCUT2D eigenvalue weighted by Crippen LogP contribution is 2.27. The maximum Gasteiger partial charge on any atom is 0.260 e. The number of hydrogen-bond donors (Lipinski definition) is 0. The van der Waals surface area contributed by atoms with Crippen LogP contribution < -0.4 is 4.74 Å². The monoisotopic (exact) mass is 409 g/mol. The molecule has 0 spiro atoms. The van der Waals surface area contributed by atoms with Crippen molar-refractivity contribution in [1.29, 1.82) is 0 Å². The zero-order valence-corrected chi connectivity index (χ0v) is 16.2. The van der Waals surface area contributed by atoms with Crippen molar-refractivity contribution in [3.63, 3.8) is 0 Å². The van der Waals surface area contributed by atoms with Crippen LogP contribution >= 0.6 is 34.5 Å². The Morgan fingerprint density at radius 3 is 2.81 bits per heavy atom. The van der Waals surface area contributed by atoms with Gasteiger partial charge in [-0.15, -0.1) is 11.3 Å². The van der Waals surface area contributed by atoms with Gasteiger partial charge in [0.05, 0.1) is 17.5 Å². The van der Waals surface area contributed by atoms with Crippen LogP contribution in [0.2, 0.25) is 10.0 Å². The lowest BCUT2D eigenvalue weighted by atomic mass is 10.2. The van der Waals surface area contributed by atoms with Crippen LogP contribution in [0.25, 0.3) is 0 Å². The van der Waals surface area contributed by atoms with E-state index in [1.807, 2.05) is 17.5 Å². The van der Waals surface area contributed by atoms with Crippen molar-refractivity contribution in [2.75, 3.05) is 13.2 Å². The number of ether oxygens (including phenoxy) is 1. The lowest BCUT2D eigenvalue weighted by Crippen LogP contribution is -2.36. The minimum Gasteiger partial charge on any atom is -0.482 e. The van der Waals surface area contributed by atoms with Crippen molar-refractivity contribution in [3.05, 3.63) is 74.8 Å². The van der Waals surface area contributed by atoms with Crippen molar-refractivity contribution >= 4 is 40.4 Å². The van der Waals surface area contributed by atoms with E-state index in [2.05, 4.69) is 6.07 Å². The highest BCUT2D eigenvalue weighted by atomic mass is 35.5. The highest BCUT2D eigenvalue weighted by molar-refractivity contribution is 7.09. The molecule has 0 bridgehead atoms. The van der Waals surface area contributed by atoms with Gasteiger partial charge in [0.2, 0.25) is 0 Å². The third-order valence-corrected chi connectivity index (χ3v) is 5.23. The molecular formula is C19H17Cl2NO3S. The summed E-state index contributed by atoms with van der Waals surface area (Å²) < 4.78 is 10.7. The summed E-state index contributed by atoms with van der Waals surface area (Å²) in [7, 11) is 0. The molecule has 2 heterocycles. The third-order valence-electron chi connectivity index (χ3n) is 3.76. The third kappa shape index (κ3) is 5.27. The highest BCUT2D eigenvalue weighted by Gasteiger charge is 2.16. The number of benzene rings is 1. The second-order valence-electron chi connectivity index (χ2n) is 5.64. The maximum absolute atomic E-state index is 12.7. The molecule has 0 atom stereocenters. The van der Waals surface area contributed by atoms with Gasteiger partial charge in [0.1, 0.15) is 5.75 Å². The first-order valence-corrected chi connectivity index (χ1v) is 9.64. The summed E-state index contributed by atoms with van der Waals surface area (Å²) in [5.74, 6) is 0.319. The van der Waals surface area contributed by atoms with Crippen molar-refractivity contribution in [3.8, 4) is 5.75 Å². The number of halogens is 2. The van der Waals surface area contributed by atoms with E-state index in [1.54, 1.807) is 47.0 Å². The fourth-order valence-electron chi connectivity index (χ4n) is 2.42. The molecule has 136 valence electrons. The number of carbonyl (C=O) groups excluding carboxylic acids is 1. The molecule has 3 aromatic rings. The second kappa shape index (κ2) is 9.12. The Hall–Kier alpha value is -1.95. The minimum absolute atomic E-state index is 0.0936. The topological polar surface area (TPSA) is 42.7 Å². The van der Waals surface area contributed by atoms with Gasteiger partial charge >= 0.3 is 0 Å². The van der Waals surface area contributed by atoms with Crippen LogP contribution in [0, 0.1) is 0 Å². The van der Waals surface area contributed by atoms with Crippen LogP contribution in [-0.4, -0.2) is 24.0 Å². The Kier molecular flexibility index (Phi) is 6.61. The molecule has 0 aliphatic heterocycles. The van der Waals surface area contributed by atoms with E-state index >= 15 is 0 Å². The van der Waals surface area contributed by atoms with Crippen LogP contribution in [0.5, 0.6) is 5.75 Å². The maximum atomic E-state index is 12.7. The zero-order valence-electron chi connectivity index (χ0n) is 13.9. The first kappa shape index (κ1) is 18.8. The molecule has 7 heteroatoms. The molecule has 0 radical (unpaired) electrons. The first-order chi connectivity index (χ1) is 12.6. The molecule has 4 nitrogen and oxygen atoms in total. The molecule has 0 saturated heterocycles. The van der Waals surface area contributed by atoms with Gasteiger partial charge in [-0.1, -0.05) is 29.3 Å². The van der Waals surface area contributed by atoms with Crippen LogP contribution in [0.15, 0.2) is 58.7 Å². The SMILES string of the molecule is O=C(COc1ccc(Cl)cc1Cl)N(CCc1cccs1)Cc1ccoc1. The van der Waals surface area contributed by atoms with Gasteiger partial charge < -0.3 is 14.1 Å². The number of hydrogen-bond acceptors (Lipinski definition) is 4. The summed E-state index contributed by atoms with van der Waals surface area (Å²) in [6, 6.07) is 10.8. The lowest BCUT2D eigenvalue weighted by molar-refractivity contribution is -0.134. The number of nitrogens with zero attached hydrogens (tertiary/aromatic N) is 1. The van der Waals surface area contributed by atoms with Gasteiger partial charge in [-0.3, -0.25) is 4.79 Å². The Balaban J connectivity index is 1.63. The van der Waals surface area contributed by atoms with Crippen molar-refractivity contribution < 1.29 is 13.9 Å². The van der Waals surface area contributed by atoms with Gasteiger partial charge in [0, 0.05) is 28.6 Å². The smallest absolute Gasteiger partial charge is 0.260 e. The number of rotatable bonds is 8. The molecule has 0 aliphatic rings. The Morgan fingerprint density at radius 1 is 1.23 bits per heavy atom. The summed E-state index contributed by atoms with van der Waals surface area (Å²) in [4.78, 5) is 15.7. The van der Waals surface area contributed by atoms with Crippen LogP contribution in [-0.2, 0) is 17.8 Å². The van der Waals surface area contributed by atoms with E-state index in [0.717, 1.165) is 12.0 Å². The van der Waals surface area contributed by atoms with Gasteiger partial charge in [-0.05, 0) is 42.1 Å². The second-order valence-corrected chi connectivity index (χ2v) is 7.52. The fourth-order valence-corrected chi connectivity index (χ4v) is 3.58. The van der Waals surface area contributed by atoms with E-state index in [9.17, 15) is 4.79 Å². The molecule has 1 amide bonds. The first-order valence-electron chi connectivity index (χ1n) is 8.01. The quantitative estimate of drug-likeness (QED) is 0.506. The van der Waals surface area contributed by atoms with Gasteiger partial charge in [-0.2, -0.15) is 0 Å². The molecule has 26 heavy (non-hydrogen) atoms. The molecule has 1 aromatic carbocycles. The molecule has 2 aromatic heterocycles. The molecule has 3 rings (SSSR count). The average molecular weight is 410 g/mol. The Labute approximate surface area is 165 Å². The zero-order chi connectivity index (χ0) is 18.4. The molecule has 0 saturated carbocycles. The predicted octanol–water partition coefficient (Wildman–Crippen LogP) is 5.30. The van der Waals surface area contributed by atoms with E-state index in [4.69, 9.17) is 32.4 Å². The molecule has 0 unspecified atom stereocenters. The summed E-state index contributed by atoms with van der Waals surface area (Å²) in [6.45, 7) is 0.976. The molecule has 0 aliphatic carbocycles. The molecular weight excluding hydrogens is 393 g/mol. The standard InChI is InChI=1S/C19H17Cl2NO3S/c20-15-3-4-18(17(21)10-15)25-13-19(23)22(11-14-6-8-24-12-14)7-5-16-2-1-9-26-16/h1-4,6,8-10,12H,5,7,11,13H2. The van der Waals surface area contributed by atoms with Crippen molar-refractivity contribution in [2.45, 2.75) is 13.0 Å². The number of furan rings is 1. The summed E-state index contributed by atoms with van der Waals surface area (Å²) in [5.41, 5.74) is 0.939. The largest absolute Gasteiger partial charge is 0.482 e. The number of amides is 1. The fraction of sp³-hybridized carbons (Fsp3) is 0.211. The lowest BCUT2D eigenvalue weighted by Gasteiger charge is -2.22. The van der Waals surface area contributed by atoms with E-state index in [0.29, 0.717) is 28.9 Å². The van der Waals surface area contributed by atoms with E-state index in [-0.39, 0.29) is 12.5 Å². The Bertz CT molecular complexity index is 835. The molecule has 0 fully saturated rings.